The largest absolute Gasteiger partial charge is 0.360 e. The summed E-state index contributed by atoms with van der Waals surface area (Å²) in [7, 11) is 0. The van der Waals surface area contributed by atoms with Crippen molar-refractivity contribution in [3.8, 4) is 11.3 Å². The Morgan fingerprint density at radius 1 is 1.32 bits per heavy atom. The smallest absolute Gasteiger partial charge is 0.155 e. The number of benzene rings is 1. The van der Waals surface area contributed by atoms with Gasteiger partial charge in [0.05, 0.1) is 12.0 Å². The molecule has 1 aromatic carbocycles. The molecule has 0 radical (unpaired) electrons. The van der Waals surface area contributed by atoms with Crippen molar-refractivity contribution in [2.24, 2.45) is 0 Å². The minimum atomic E-state index is 0.570. The maximum Gasteiger partial charge on any atom is 0.155 e. The van der Waals surface area contributed by atoms with E-state index in [9.17, 15) is 0 Å². The summed E-state index contributed by atoms with van der Waals surface area (Å²) in [5.74, 6) is 0. The second-order valence-electron chi connectivity index (χ2n) is 4.68. The third kappa shape index (κ3) is 2.15. The highest BCUT2D eigenvalue weighted by Crippen LogP contribution is 2.33. The molecule has 1 N–H and O–H groups in total. The number of hydrogen-bond donors (Lipinski definition) is 1. The molecular formula is C15H16ClN3. The van der Waals surface area contributed by atoms with Crippen molar-refractivity contribution in [1.29, 1.82) is 0 Å². The van der Waals surface area contributed by atoms with E-state index in [4.69, 9.17) is 11.6 Å². The van der Waals surface area contributed by atoms with Gasteiger partial charge in [-0.15, -0.1) is 0 Å². The van der Waals surface area contributed by atoms with Gasteiger partial charge in [0.15, 0.2) is 5.15 Å². The molecule has 0 aliphatic carbocycles. The van der Waals surface area contributed by atoms with E-state index >= 15 is 0 Å². The van der Waals surface area contributed by atoms with Crippen LogP contribution in [0.5, 0.6) is 0 Å². The predicted molar refractivity (Wildman–Crippen MR) is 79.4 cm³/mol. The normalized spacial score (nSPS) is 11.3. The van der Waals surface area contributed by atoms with Gasteiger partial charge in [-0.3, -0.25) is 0 Å². The minimum absolute atomic E-state index is 0.570. The molecule has 0 saturated carbocycles. The number of unbranched alkanes of at least 4 members (excludes halogenated alkanes) is 1. The van der Waals surface area contributed by atoms with Crippen LogP contribution in [0.3, 0.4) is 0 Å². The topological polar surface area (TPSA) is 33.6 Å². The Morgan fingerprint density at radius 3 is 3.00 bits per heavy atom. The molecule has 3 aromatic rings. The number of hydrogen-bond acceptors (Lipinski definition) is 1. The van der Waals surface area contributed by atoms with Gasteiger partial charge in [-0.05, 0) is 12.5 Å². The monoisotopic (exact) mass is 273 g/mol. The lowest BCUT2D eigenvalue weighted by atomic mass is 10.1. The van der Waals surface area contributed by atoms with E-state index in [1.807, 2.05) is 24.7 Å². The molecule has 0 amide bonds. The molecule has 2 heterocycles. The second kappa shape index (κ2) is 5.10. The van der Waals surface area contributed by atoms with Crippen LogP contribution in [0.25, 0.3) is 22.2 Å². The quantitative estimate of drug-likeness (QED) is 0.747. The van der Waals surface area contributed by atoms with Crippen molar-refractivity contribution >= 4 is 22.5 Å². The van der Waals surface area contributed by atoms with Crippen LogP contribution in [0.15, 0.2) is 36.8 Å². The van der Waals surface area contributed by atoms with E-state index in [1.54, 1.807) is 0 Å². The number of aromatic nitrogens is 3. The van der Waals surface area contributed by atoms with Gasteiger partial charge in [0.2, 0.25) is 0 Å². The fourth-order valence-corrected chi connectivity index (χ4v) is 2.64. The molecule has 3 rings (SSSR count). The van der Waals surface area contributed by atoms with E-state index < -0.39 is 0 Å². The molecule has 3 nitrogen and oxygen atoms in total. The summed E-state index contributed by atoms with van der Waals surface area (Å²) in [5, 5.41) is 1.75. The van der Waals surface area contributed by atoms with Gasteiger partial charge in [0, 0.05) is 29.2 Å². The Balaban J connectivity index is 2.13. The summed E-state index contributed by atoms with van der Waals surface area (Å²) in [6, 6.07) is 8.24. The Hall–Kier alpha value is -1.74. The highest BCUT2D eigenvalue weighted by molar-refractivity contribution is 6.32. The summed E-state index contributed by atoms with van der Waals surface area (Å²) < 4.78 is 2.14. The zero-order valence-electron chi connectivity index (χ0n) is 10.9. The molecule has 0 fully saturated rings. The number of rotatable bonds is 4. The first-order chi connectivity index (χ1) is 9.31. The van der Waals surface area contributed by atoms with Crippen LogP contribution in [-0.4, -0.2) is 14.5 Å². The standard InChI is InChI=1S/C15H16ClN3/c1-2-3-8-19-10-18-15(16)14(19)12-9-17-13-7-5-4-6-11(12)13/h4-7,9-10,17H,2-3,8H2,1H3. The number of nitrogens with zero attached hydrogens (tertiary/aromatic N) is 2. The molecule has 0 aliphatic rings. The summed E-state index contributed by atoms with van der Waals surface area (Å²) in [6.45, 7) is 3.13. The van der Waals surface area contributed by atoms with E-state index in [-0.39, 0.29) is 0 Å². The zero-order chi connectivity index (χ0) is 13.2. The molecule has 0 atom stereocenters. The lowest BCUT2D eigenvalue weighted by molar-refractivity contribution is 0.636. The van der Waals surface area contributed by atoms with Crippen molar-refractivity contribution < 1.29 is 0 Å². The number of aromatic amines is 1. The van der Waals surface area contributed by atoms with Gasteiger partial charge in [-0.1, -0.05) is 43.1 Å². The van der Waals surface area contributed by atoms with Crippen molar-refractivity contribution in [2.75, 3.05) is 0 Å². The maximum atomic E-state index is 6.27. The van der Waals surface area contributed by atoms with Crippen molar-refractivity contribution in [3.63, 3.8) is 0 Å². The van der Waals surface area contributed by atoms with Crippen LogP contribution in [0.2, 0.25) is 5.15 Å². The molecule has 2 aromatic heterocycles. The summed E-state index contributed by atoms with van der Waals surface area (Å²) >= 11 is 6.27. The Labute approximate surface area is 117 Å². The molecule has 0 aliphatic heterocycles. The molecule has 98 valence electrons. The lowest BCUT2D eigenvalue weighted by Gasteiger charge is -2.07. The number of H-pyrrole nitrogens is 1. The predicted octanol–water partition coefficient (Wildman–Crippen LogP) is 4.48. The highest BCUT2D eigenvalue weighted by atomic mass is 35.5. The van der Waals surface area contributed by atoms with Gasteiger partial charge >= 0.3 is 0 Å². The van der Waals surface area contributed by atoms with Gasteiger partial charge in [-0.2, -0.15) is 0 Å². The Bertz CT molecular complexity index is 696. The van der Waals surface area contributed by atoms with E-state index in [1.165, 1.54) is 5.39 Å². The van der Waals surface area contributed by atoms with E-state index in [2.05, 4.69) is 33.6 Å². The number of aryl methyl sites for hydroxylation is 1. The van der Waals surface area contributed by atoms with Crippen molar-refractivity contribution in [1.82, 2.24) is 14.5 Å². The average Bonchev–Trinajstić information content (AvgIpc) is 3.00. The van der Waals surface area contributed by atoms with Crippen LogP contribution in [0.4, 0.5) is 0 Å². The molecule has 0 unspecified atom stereocenters. The van der Waals surface area contributed by atoms with Gasteiger partial charge < -0.3 is 9.55 Å². The number of nitrogens with one attached hydrogen (secondary N) is 1. The number of halogens is 1. The summed E-state index contributed by atoms with van der Waals surface area (Å²) in [5.41, 5.74) is 3.25. The van der Waals surface area contributed by atoms with Gasteiger partial charge in [0.1, 0.15) is 0 Å². The number of fused-ring (bicyclic) bond motifs is 1. The third-order valence-electron chi connectivity index (χ3n) is 3.39. The molecule has 0 saturated heterocycles. The summed E-state index contributed by atoms with van der Waals surface area (Å²) in [6.07, 6.45) is 6.12. The first-order valence-corrected chi connectivity index (χ1v) is 6.96. The van der Waals surface area contributed by atoms with Crippen molar-refractivity contribution in [3.05, 3.63) is 41.9 Å². The first kappa shape index (κ1) is 12.3. The fourth-order valence-electron chi connectivity index (χ4n) is 2.39. The van der Waals surface area contributed by atoms with Crippen LogP contribution in [0, 0.1) is 0 Å². The Morgan fingerprint density at radius 2 is 2.16 bits per heavy atom. The average molecular weight is 274 g/mol. The van der Waals surface area contributed by atoms with Gasteiger partial charge in [0.25, 0.3) is 0 Å². The van der Waals surface area contributed by atoms with Crippen LogP contribution in [-0.2, 0) is 6.54 Å². The molecule has 4 heteroatoms. The lowest BCUT2D eigenvalue weighted by Crippen LogP contribution is -1.98. The highest BCUT2D eigenvalue weighted by Gasteiger charge is 2.14. The van der Waals surface area contributed by atoms with Crippen molar-refractivity contribution in [2.45, 2.75) is 26.3 Å². The van der Waals surface area contributed by atoms with E-state index in [0.29, 0.717) is 5.15 Å². The number of para-hydroxylation sites is 1. The first-order valence-electron chi connectivity index (χ1n) is 6.58. The van der Waals surface area contributed by atoms with Crippen LogP contribution in [0.1, 0.15) is 19.8 Å². The molecule has 0 bridgehead atoms. The second-order valence-corrected chi connectivity index (χ2v) is 5.04. The number of imidazole rings is 1. The third-order valence-corrected chi connectivity index (χ3v) is 3.67. The minimum Gasteiger partial charge on any atom is -0.360 e. The van der Waals surface area contributed by atoms with Gasteiger partial charge in [-0.25, -0.2) is 4.98 Å². The Kier molecular flexibility index (Phi) is 3.30. The van der Waals surface area contributed by atoms with E-state index in [0.717, 1.165) is 36.2 Å². The molecular weight excluding hydrogens is 258 g/mol. The zero-order valence-corrected chi connectivity index (χ0v) is 11.6. The van der Waals surface area contributed by atoms with Crippen LogP contribution >= 0.6 is 11.6 Å². The molecule has 0 spiro atoms. The summed E-state index contributed by atoms with van der Waals surface area (Å²) in [4.78, 5) is 7.53. The SMILES string of the molecule is CCCCn1cnc(Cl)c1-c1c[nH]c2ccccc12. The fraction of sp³-hybridized carbons (Fsp3) is 0.267. The van der Waals surface area contributed by atoms with Crippen LogP contribution < -0.4 is 0 Å². The molecule has 19 heavy (non-hydrogen) atoms. The maximum absolute atomic E-state index is 6.27.